The minimum Gasteiger partial charge on any atom is -0.379 e. The fourth-order valence-corrected chi connectivity index (χ4v) is 5.74. The highest BCUT2D eigenvalue weighted by Gasteiger charge is 2.39. The Morgan fingerprint density at radius 3 is 2.58 bits per heavy atom. The van der Waals surface area contributed by atoms with Gasteiger partial charge in [0.2, 0.25) is 0 Å². The van der Waals surface area contributed by atoms with Gasteiger partial charge in [0.15, 0.2) is 0 Å². The molecule has 2 saturated heterocycles. The van der Waals surface area contributed by atoms with Crippen LogP contribution in [0.25, 0.3) is 0 Å². The van der Waals surface area contributed by atoms with Gasteiger partial charge in [-0.1, -0.05) is 24.6 Å². The summed E-state index contributed by atoms with van der Waals surface area (Å²) in [6.07, 6.45) is 3.84. The molecular formula is C21H27N5O4S. The van der Waals surface area contributed by atoms with Crippen molar-refractivity contribution in [2.24, 2.45) is 0 Å². The molecule has 2 aliphatic rings. The first-order valence-corrected chi connectivity index (χ1v) is 11.9. The monoisotopic (exact) mass is 445 g/mol. The lowest BCUT2D eigenvalue weighted by Crippen LogP contribution is -2.51. The summed E-state index contributed by atoms with van der Waals surface area (Å²) in [5.41, 5.74) is 1.57. The largest absolute Gasteiger partial charge is 0.379 e. The fraction of sp³-hybridized carbons (Fsp3) is 0.476. The lowest BCUT2D eigenvalue weighted by molar-refractivity contribution is 0.0680. The van der Waals surface area contributed by atoms with Gasteiger partial charge in [0.25, 0.3) is 16.1 Å². The smallest absolute Gasteiger partial charge is 0.282 e. The Kier molecular flexibility index (Phi) is 6.61. The number of hydrogen-bond donors (Lipinski definition) is 1. The number of aryl methyl sites for hydroxylation is 1. The fourth-order valence-electron chi connectivity index (χ4n) is 3.95. The topological polar surface area (TPSA) is 105 Å². The van der Waals surface area contributed by atoms with Crippen LogP contribution in [-0.2, 0) is 14.9 Å². The Morgan fingerprint density at radius 2 is 1.87 bits per heavy atom. The van der Waals surface area contributed by atoms with Crippen molar-refractivity contribution >= 4 is 21.8 Å². The number of anilines is 1. The number of morpholine rings is 1. The van der Waals surface area contributed by atoms with Crippen LogP contribution in [0.1, 0.15) is 47.2 Å². The van der Waals surface area contributed by atoms with Crippen LogP contribution in [0.2, 0.25) is 0 Å². The second-order valence-electron chi connectivity index (χ2n) is 7.69. The molecule has 1 aromatic carbocycles. The van der Waals surface area contributed by atoms with Gasteiger partial charge in [-0.15, -0.1) is 0 Å². The molecule has 2 aromatic rings. The zero-order chi connectivity index (χ0) is 21.8. The van der Waals surface area contributed by atoms with Crippen molar-refractivity contribution in [2.45, 2.75) is 32.2 Å². The van der Waals surface area contributed by atoms with Crippen LogP contribution in [0, 0.1) is 6.92 Å². The number of amides is 1. The van der Waals surface area contributed by atoms with Crippen LogP contribution >= 0.6 is 0 Å². The molecule has 2 aliphatic heterocycles. The van der Waals surface area contributed by atoms with E-state index in [1.165, 1.54) is 14.8 Å². The van der Waals surface area contributed by atoms with E-state index < -0.39 is 16.3 Å². The van der Waals surface area contributed by atoms with Gasteiger partial charge in [0, 0.05) is 31.5 Å². The van der Waals surface area contributed by atoms with E-state index in [1.807, 2.05) is 18.2 Å². The molecule has 1 atom stereocenters. The summed E-state index contributed by atoms with van der Waals surface area (Å²) in [4.78, 5) is 21.6. The molecule has 10 heteroatoms. The predicted molar refractivity (Wildman–Crippen MR) is 116 cm³/mol. The Labute approximate surface area is 182 Å². The summed E-state index contributed by atoms with van der Waals surface area (Å²) >= 11 is 0. The molecule has 0 unspecified atom stereocenters. The molecule has 9 nitrogen and oxygen atoms in total. The van der Waals surface area contributed by atoms with Gasteiger partial charge in [-0.25, -0.2) is 9.97 Å². The lowest BCUT2D eigenvalue weighted by atomic mass is 10.0. The molecule has 0 spiro atoms. The highest BCUT2D eigenvalue weighted by atomic mass is 32.2. The molecule has 166 valence electrons. The summed E-state index contributed by atoms with van der Waals surface area (Å²) in [5, 5.41) is 2.83. The number of benzene rings is 1. The van der Waals surface area contributed by atoms with Gasteiger partial charge in [-0.2, -0.15) is 17.0 Å². The summed E-state index contributed by atoms with van der Waals surface area (Å²) in [7, 11) is -3.64. The Balaban J connectivity index is 1.56. The van der Waals surface area contributed by atoms with E-state index in [2.05, 4.69) is 15.3 Å². The quantitative estimate of drug-likeness (QED) is 0.756. The number of nitrogens with one attached hydrogen (secondary N) is 1. The zero-order valence-electron chi connectivity index (χ0n) is 17.5. The zero-order valence-corrected chi connectivity index (χ0v) is 18.3. The van der Waals surface area contributed by atoms with Crippen LogP contribution in [0.5, 0.6) is 0 Å². The van der Waals surface area contributed by atoms with E-state index in [0.717, 1.165) is 12.8 Å². The van der Waals surface area contributed by atoms with Gasteiger partial charge in [0.05, 0.1) is 30.5 Å². The normalized spacial score (nSPS) is 21.0. The average molecular weight is 446 g/mol. The van der Waals surface area contributed by atoms with E-state index in [-0.39, 0.29) is 5.91 Å². The molecule has 0 aliphatic carbocycles. The van der Waals surface area contributed by atoms with Gasteiger partial charge in [0.1, 0.15) is 5.82 Å². The van der Waals surface area contributed by atoms with Gasteiger partial charge in [-0.3, -0.25) is 4.79 Å². The minimum atomic E-state index is -3.64. The first-order valence-electron chi connectivity index (χ1n) is 10.5. The van der Waals surface area contributed by atoms with Crippen molar-refractivity contribution in [2.75, 3.05) is 38.2 Å². The number of ether oxygens (including phenoxy) is 1. The Morgan fingerprint density at radius 1 is 1.13 bits per heavy atom. The molecule has 2 fully saturated rings. The number of carbonyl (C=O) groups is 1. The van der Waals surface area contributed by atoms with E-state index >= 15 is 0 Å². The number of nitrogens with zero attached hydrogens (tertiary/aromatic N) is 4. The molecule has 1 aromatic heterocycles. The maximum atomic E-state index is 13.3. The summed E-state index contributed by atoms with van der Waals surface area (Å²) in [6, 6.07) is 8.73. The lowest BCUT2D eigenvalue weighted by Gasteiger charge is -2.38. The van der Waals surface area contributed by atoms with Gasteiger partial charge >= 0.3 is 0 Å². The molecule has 31 heavy (non-hydrogen) atoms. The standard InChI is InChI=1S/C21H27N5O4S/c1-16-18(21(27)24-17-7-3-2-4-8-17)15-22-20(23-16)19-9-5-6-10-26(19)31(28,29)25-11-13-30-14-12-25/h2-4,7-8,15,19H,5-6,9-14H2,1H3,(H,24,27)/t19-/m0/s1. The van der Waals surface area contributed by atoms with Crippen LogP contribution in [-0.4, -0.2) is 65.8 Å². The van der Waals surface area contributed by atoms with Crippen molar-refractivity contribution in [3.63, 3.8) is 0 Å². The highest BCUT2D eigenvalue weighted by molar-refractivity contribution is 7.86. The van der Waals surface area contributed by atoms with Crippen molar-refractivity contribution in [3.05, 3.63) is 53.6 Å². The molecule has 1 amide bonds. The Bertz CT molecular complexity index is 1030. The van der Waals surface area contributed by atoms with Crippen LogP contribution in [0.15, 0.2) is 36.5 Å². The van der Waals surface area contributed by atoms with Crippen LogP contribution in [0.3, 0.4) is 0 Å². The number of aromatic nitrogens is 2. The summed E-state index contributed by atoms with van der Waals surface area (Å²) in [5.74, 6) is 0.141. The third-order valence-corrected chi connectivity index (χ3v) is 7.67. The number of hydrogen-bond acceptors (Lipinski definition) is 6. The molecule has 0 saturated carbocycles. The van der Waals surface area contributed by atoms with E-state index in [0.29, 0.717) is 62.0 Å². The van der Waals surface area contributed by atoms with Crippen molar-refractivity contribution < 1.29 is 17.9 Å². The molecule has 1 N–H and O–H groups in total. The second-order valence-corrected chi connectivity index (χ2v) is 9.57. The number of rotatable bonds is 5. The number of carbonyl (C=O) groups excluding carboxylic acids is 1. The van der Waals surface area contributed by atoms with E-state index in [1.54, 1.807) is 19.1 Å². The predicted octanol–water partition coefficient (Wildman–Crippen LogP) is 2.14. The minimum absolute atomic E-state index is 0.295. The third kappa shape index (κ3) is 4.77. The molecule has 3 heterocycles. The maximum Gasteiger partial charge on any atom is 0.282 e. The SMILES string of the molecule is Cc1nc([C@@H]2CCCCN2S(=O)(=O)N2CCOCC2)ncc1C(=O)Nc1ccccc1. The first kappa shape index (κ1) is 21.8. The highest BCUT2D eigenvalue weighted by Crippen LogP contribution is 2.33. The maximum absolute atomic E-state index is 13.3. The van der Waals surface area contributed by atoms with Gasteiger partial charge in [-0.05, 0) is 31.9 Å². The second kappa shape index (κ2) is 9.39. The number of piperidine rings is 1. The van der Waals surface area contributed by atoms with Crippen LogP contribution in [0.4, 0.5) is 5.69 Å². The summed E-state index contributed by atoms with van der Waals surface area (Å²) in [6.45, 7) is 3.68. The van der Waals surface area contributed by atoms with E-state index in [4.69, 9.17) is 4.74 Å². The Hall–Kier alpha value is -2.40. The van der Waals surface area contributed by atoms with Crippen molar-refractivity contribution in [1.82, 2.24) is 18.6 Å². The van der Waals surface area contributed by atoms with Crippen molar-refractivity contribution in [3.8, 4) is 0 Å². The molecular weight excluding hydrogens is 418 g/mol. The third-order valence-electron chi connectivity index (χ3n) is 5.62. The van der Waals surface area contributed by atoms with Crippen LogP contribution < -0.4 is 5.32 Å². The molecule has 0 bridgehead atoms. The van der Waals surface area contributed by atoms with E-state index in [9.17, 15) is 13.2 Å². The molecule has 0 radical (unpaired) electrons. The van der Waals surface area contributed by atoms with Gasteiger partial charge < -0.3 is 10.1 Å². The average Bonchev–Trinajstić information content (AvgIpc) is 2.80. The summed E-state index contributed by atoms with van der Waals surface area (Å²) < 4.78 is 34.8. The number of para-hydroxylation sites is 1. The van der Waals surface area contributed by atoms with Crippen molar-refractivity contribution in [1.29, 1.82) is 0 Å². The first-order chi connectivity index (χ1) is 15.0. The molecule has 4 rings (SSSR count).